The fourth-order valence-corrected chi connectivity index (χ4v) is 3.16. The Bertz CT molecular complexity index is 587. The molecule has 2 atom stereocenters. The van der Waals surface area contributed by atoms with Crippen LogP contribution in [-0.2, 0) is 16.0 Å². The minimum atomic E-state index is -0.412. The number of nitro groups is 1. The van der Waals surface area contributed by atoms with Crippen molar-refractivity contribution < 1.29 is 14.5 Å². The van der Waals surface area contributed by atoms with E-state index >= 15 is 0 Å². The van der Waals surface area contributed by atoms with E-state index in [1.807, 2.05) is 6.92 Å². The summed E-state index contributed by atoms with van der Waals surface area (Å²) in [6, 6.07) is 4.93. The maximum atomic E-state index is 12.6. The van der Waals surface area contributed by atoms with E-state index in [2.05, 4.69) is 0 Å². The first-order valence-electron chi connectivity index (χ1n) is 7.31. The first kappa shape index (κ1) is 14.0. The van der Waals surface area contributed by atoms with Crippen LogP contribution in [0.25, 0.3) is 0 Å². The molecule has 0 saturated carbocycles. The molecule has 1 fully saturated rings. The Morgan fingerprint density at radius 3 is 2.90 bits per heavy atom. The Balaban J connectivity index is 1.92. The molecule has 0 bridgehead atoms. The smallest absolute Gasteiger partial charge is 0.274 e. The molecule has 0 aromatic heterocycles. The third-order valence-electron chi connectivity index (χ3n) is 4.20. The molecule has 21 heavy (non-hydrogen) atoms. The first-order chi connectivity index (χ1) is 10.1. The van der Waals surface area contributed by atoms with Gasteiger partial charge in [-0.05, 0) is 38.7 Å². The molecule has 1 aromatic rings. The SMILES string of the molecule is C[C@@H]1CC[C@@H](C(=O)N2CCCc3c2cccc3[N+](=O)[O-])O1. The van der Waals surface area contributed by atoms with E-state index in [1.54, 1.807) is 17.0 Å². The van der Waals surface area contributed by atoms with E-state index in [0.717, 1.165) is 19.3 Å². The van der Waals surface area contributed by atoms with Gasteiger partial charge in [-0.3, -0.25) is 14.9 Å². The van der Waals surface area contributed by atoms with Gasteiger partial charge in [0.05, 0.1) is 22.3 Å². The molecule has 1 saturated heterocycles. The molecule has 0 N–H and O–H groups in total. The van der Waals surface area contributed by atoms with Gasteiger partial charge < -0.3 is 9.64 Å². The van der Waals surface area contributed by atoms with Crippen LogP contribution in [0.15, 0.2) is 18.2 Å². The van der Waals surface area contributed by atoms with Crippen LogP contribution >= 0.6 is 0 Å². The second-order valence-electron chi connectivity index (χ2n) is 5.64. The Labute approximate surface area is 122 Å². The maximum Gasteiger partial charge on any atom is 0.274 e. The maximum absolute atomic E-state index is 12.6. The molecule has 1 amide bonds. The lowest BCUT2D eigenvalue weighted by Gasteiger charge is -2.31. The number of benzene rings is 1. The van der Waals surface area contributed by atoms with Gasteiger partial charge in [-0.15, -0.1) is 0 Å². The van der Waals surface area contributed by atoms with Gasteiger partial charge in [0.25, 0.3) is 11.6 Å². The van der Waals surface area contributed by atoms with Gasteiger partial charge in [-0.2, -0.15) is 0 Å². The number of hydrogen-bond acceptors (Lipinski definition) is 4. The number of amides is 1. The van der Waals surface area contributed by atoms with Crippen LogP contribution in [0, 0.1) is 10.1 Å². The molecular formula is C15H18N2O4. The quantitative estimate of drug-likeness (QED) is 0.619. The number of hydrogen-bond donors (Lipinski definition) is 0. The zero-order valence-electron chi connectivity index (χ0n) is 11.9. The first-order valence-corrected chi connectivity index (χ1v) is 7.31. The van der Waals surface area contributed by atoms with Crippen LogP contribution < -0.4 is 4.90 Å². The Morgan fingerprint density at radius 2 is 2.24 bits per heavy atom. The minimum absolute atomic E-state index is 0.0687. The molecule has 3 rings (SSSR count). The van der Waals surface area contributed by atoms with Crippen molar-refractivity contribution in [3.8, 4) is 0 Å². The fourth-order valence-electron chi connectivity index (χ4n) is 3.16. The van der Waals surface area contributed by atoms with Crippen LogP contribution in [-0.4, -0.2) is 29.6 Å². The second-order valence-corrected chi connectivity index (χ2v) is 5.64. The predicted molar refractivity (Wildman–Crippen MR) is 77.3 cm³/mol. The summed E-state index contributed by atoms with van der Waals surface area (Å²) in [5.41, 5.74) is 1.43. The number of nitrogens with zero attached hydrogens (tertiary/aromatic N) is 2. The van der Waals surface area contributed by atoms with Crippen LogP contribution in [0.3, 0.4) is 0 Å². The molecule has 0 spiro atoms. The molecule has 112 valence electrons. The standard InChI is InChI=1S/C15H18N2O4/c1-10-7-8-14(21-10)15(18)16-9-3-4-11-12(16)5-2-6-13(11)17(19)20/h2,5-6,10,14H,3-4,7-9H2,1H3/t10-,14+/m1/s1. The van der Waals surface area contributed by atoms with Crippen molar-refractivity contribution in [3.63, 3.8) is 0 Å². The molecule has 2 heterocycles. The number of fused-ring (bicyclic) bond motifs is 1. The summed E-state index contributed by atoms with van der Waals surface area (Å²) in [7, 11) is 0. The van der Waals surface area contributed by atoms with Crippen molar-refractivity contribution in [2.24, 2.45) is 0 Å². The molecule has 6 nitrogen and oxygen atoms in total. The van der Waals surface area contributed by atoms with Gasteiger partial charge >= 0.3 is 0 Å². The zero-order chi connectivity index (χ0) is 15.0. The third kappa shape index (κ3) is 2.51. The van der Waals surface area contributed by atoms with E-state index in [9.17, 15) is 14.9 Å². The average Bonchev–Trinajstić information content (AvgIpc) is 2.91. The number of rotatable bonds is 2. The highest BCUT2D eigenvalue weighted by molar-refractivity contribution is 5.98. The van der Waals surface area contributed by atoms with Crippen molar-refractivity contribution in [1.29, 1.82) is 0 Å². The van der Waals surface area contributed by atoms with E-state index < -0.39 is 6.10 Å². The number of carbonyl (C=O) groups is 1. The normalized spacial score (nSPS) is 24.7. The fraction of sp³-hybridized carbons (Fsp3) is 0.533. The van der Waals surface area contributed by atoms with Gasteiger partial charge in [0, 0.05) is 12.6 Å². The Hall–Kier alpha value is -1.95. The average molecular weight is 290 g/mol. The van der Waals surface area contributed by atoms with Crippen molar-refractivity contribution in [2.45, 2.75) is 44.8 Å². The number of carbonyl (C=O) groups excluding carboxylic acids is 1. The summed E-state index contributed by atoms with van der Waals surface area (Å²) in [6.07, 6.45) is 2.68. The Morgan fingerprint density at radius 1 is 1.43 bits per heavy atom. The summed E-state index contributed by atoms with van der Waals surface area (Å²) in [6.45, 7) is 2.56. The number of nitro benzene ring substituents is 1. The molecule has 2 aliphatic rings. The van der Waals surface area contributed by atoms with E-state index in [-0.39, 0.29) is 22.6 Å². The second kappa shape index (κ2) is 5.44. The summed E-state index contributed by atoms with van der Waals surface area (Å²) in [5, 5.41) is 11.1. The van der Waals surface area contributed by atoms with Crippen molar-refractivity contribution in [1.82, 2.24) is 0 Å². The lowest BCUT2D eigenvalue weighted by molar-refractivity contribution is -0.385. The molecule has 1 aromatic carbocycles. The highest BCUT2D eigenvalue weighted by atomic mass is 16.6. The van der Waals surface area contributed by atoms with Crippen LogP contribution in [0.2, 0.25) is 0 Å². The lowest BCUT2D eigenvalue weighted by atomic mass is 9.99. The van der Waals surface area contributed by atoms with Gasteiger partial charge in [-0.1, -0.05) is 6.07 Å². The summed E-state index contributed by atoms with van der Waals surface area (Å²) >= 11 is 0. The molecule has 0 aliphatic carbocycles. The zero-order valence-corrected chi connectivity index (χ0v) is 11.9. The molecule has 6 heteroatoms. The van der Waals surface area contributed by atoms with Crippen LogP contribution in [0.5, 0.6) is 0 Å². The van der Waals surface area contributed by atoms with Crippen molar-refractivity contribution in [3.05, 3.63) is 33.9 Å². The summed E-state index contributed by atoms with van der Waals surface area (Å²) in [4.78, 5) is 25.0. The Kier molecular flexibility index (Phi) is 3.63. The molecule has 0 radical (unpaired) electrons. The predicted octanol–water partition coefficient (Wildman–Crippen LogP) is 2.44. The van der Waals surface area contributed by atoms with E-state index in [1.165, 1.54) is 6.07 Å². The van der Waals surface area contributed by atoms with Crippen LogP contribution in [0.1, 0.15) is 31.7 Å². The van der Waals surface area contributed by atoms with Crippen LogP contribution in [0.4, 0.5) is 11.4 Å². The van der Waals surface area contributed by atoms with E-state index in [0.29, 0.717) is 24.2 Å². The highest BCUT2D eigenvalue weighted by Gasteiger charge is 2.35. The van der Waals surface area contributed by atoms with Gasteiger partial charge in [0.2, 0.25) is 0 Å². The van der Waals surface area contributed by atoms with Gasteiger partial charge in [-0.25, -0.2) is 0 Å². The highest BCUT2D eigenvalue weighted by Crippen LogP contribution is 2.35. The topological polar surface area (TPSA) is 72.7 Å². The number of ether oxygens (including phenoxy) is 1. The third-order valence-corrected chi connectivity index (χ3v) is 4.20. The largest absolute Gasteiger partial charge is 0.365 e. The van der Waals surface area contributed by atoms with Crippen molar-refractivity contribution >= 4 is 17.3 Å². The lowest BCUT2D eigenvalue weighted by Crippen LogP contribution is -2.42. The monoisotopic (exact) mass is 290 g/mol. The molecular weight excluding hydrogens is 272 g/mol. The van der Waals surface area contributed by atoms with Crippen molar-refractivity contribution in [2.75, 3.05) is 11.4 Å². The van der Waals surface area contributed by atoms with E-state index in [4.69, 9.17) is 4.74 Å². The summed E-state index contributed by atoms with van der Waals surface area (Å²) in [5.74, 6) is -0.0687. The number of anilines is 1. The van der Waals surface area contributed by atoms with Gasteiger partial charge in [0.1, 0.15) is 6.10 Å². The summed E-state index contributed by atoms with van der Waals surface area (Å²) < 4.78 is 5.64. The molecule has 0 unspecified atom stereocenters. The molecule has 2 aliphatic heterocycles. The minimum Gasteiger partial charge on any atom is -0.365 e. The van der Waals surface area contributed by atoms with Gasteiger partial charge in [0.15, 0.2) is 0 Å².